The molecule has 0 rings (SSSR count). The molecule has 0 spiro atoms. The summed E-state index contributed by atoms with van der Waals surface area (Å²) in [5, 5.41) is 0. The van der Waals surface area contributed by atoms with Crippen LogP contribution in [0, 0.1) is 0 Å². The lowest BCUT2D eigenvalue weighted by Crippen LogP contribution is -1.84. The maximum absolute atomic E-state index is 10.4. The Bertz CT molecular complexity index is 214. The van der Waals surface area contributed by atoms with Gasteiger partial charge >= 0.3 is 0 Å². The lowest BCUT2D eigenvalue weighted by Gasteiger charge is -1.93. The summed E-state index contributed by atoms with van der Waals surface area (Å²) in [5.41, 5.74) is 1.01. The van der Waals surface area contributed by atoms with Gasteiger partial charge in [0.05, 0.1) is 5.70 Å². The Hall–Kier alpha value is -1.44. The van der Waals surface area contributed by atoms with Crippen molar-refractivity contribution >= 4 is 12.5 Å². The van der Waals surface area contributed by atoms with Gasteiger partial charge in [-0.05, 0) is 13.0 Å². The molecule has 0 aliphatic heterocycles. The smallest absolute Gasteiger partial charge is 0.152 e. The lowest BCUT2D eigenvalue weighted by molar-refractivity contribution is -0.104. The van der Waals surface area contributed by atoms with Crippen molar-refractivity contribution in [1.29, 1.82) is 0 Å². The fraction of sp³-hybridized carbons (Fsp3) is 0.273. The maximum Gasteiger partial charge on any atom is 0.152 e. The third kappa shape index (κ3) is 5.79. The first-order valence-corrected chi connectivity index (χ1v) is 4.23. The first-order valence-electron chi connectivity index (χ1n) is 4.23. The third-order valence-corrected chi connectivity index (χ3v) is 1.10. The summed E-state index contributed by atoms with van der Waals surface area (Å²) >= 11 is 0. The van der Waals surface area contributed by atoms with Crippen molar-refractivity contribution in [3.05, 3.63) is 36.6 Å². The van der Waals surface area contributed by atoms with Gasteiger partial charge < -0.3 is 0 Å². The Morgan fingerprint density at radius 1 is 1.23 bits per heavy atom. The summed E-state index contributed by atoms with van der Waals surface area (Å²) in [7, 11) is 0. The zero-order chi connectivity index (χ0) is 10.7. The zero-order valence-electron chi connectivity index (χ0n) is 8.58. The molecular formula is C11H17NO. The average molecular weight is 179 g/mol. The second-order valence-corrected chi connectivity index (χ2v) is 1.75. The van der Waals surface area contributed by atoms with Crippen LogP contribution in [0.25, 0.3) is 0 Å². The first kappa shape index (κ1) is 14.1. The Labute approximate surface area is 80.4 Å². The van der Waals surface area contributed by atoms with Crippen LogP contribution >= 0.6 is 0 Å². The Morgan fingerprint density at radius 3 is 2.00 bits per heavy atom. The number of rotatable bonds is 4. The number of hydrogen-bond donors (Lipinski definition) is 0. The van der Waals surface area contributed by atoms with E-state index in [1.165, 1.54) is 12.2 Å². The summed E-state index contributed by atoms with van der Waals surface area (Å²) < 4.78 is 0. The minimum atomic E-state index is 0.457. The quantitative estimate of drug-likeness (QED) is 0.282. The van der Waals surface area contributed by atoms with Crippen LogP contribution in [0.15, 0.2) is 41.6 Å². The number of nitrogens with zero attached hydrogens (tertiary/aromatic N) is 1. The second-order valence-electron chi connectivity index (χ2n) is 1.75. The van der Waals surface area contributed by atoms with Gasteiger partial charge in [-0.1, -0.05) is 33.1 Å². The van der Waals surface area contributed by atoms with Crippen molar-refractivity contribution in [3.63, 3.8) is 0 Å². The van der Waals surface area contributed by atoms with Gasteiger partial charge in [-0.15, -0.1) is 0 Å². The van der Waals surface area contributed by atoms with E-state index in [4.69, 9.17) is 0 Å². The monoisotopic (exact) mass is 179 g/mol. The zero-order valence-corrected chi connectivity index (χ0v) is 8.58. The van der Waals surface area contributed by atoms with Gasteiger partial charge in [0.1, 0.15) is 0 Å². The Balaban J connectivity index is 0. The van der Waals surface area contributed by atoms with Crippen molar-refractivity contribution < 1.29 is 4.79 Å². The average Bonchev–Trinajstić information content (AvgIpc) is 2.21. The molecule has 0 saturated carbocycles. The molecule has 0 radical (unpaired) electrons. The molecule has 0 aromatic rings. The van der Waals surface area contributed by atoms with E-state index in [1.807, 2.05) is 13.8 Å². The van der Waals surface area contributed by atoms with Crippen LogP contribution in [-0.2, 0) is 4.79 Å². The molecule has 0 aromatic heterocycles. The van der Waals surface area contributed by atoms with Gasteiger partial charge in [0.25, 0.3) is 0 Å². The third-order valence-electron chi connectivity index (χ3n) is 1.10. The van der Waals surface area contributed by atoms with Crippen molar-refractivity contribution in [2.24, 2.45) is 4.99 Å². The van der Waals surface area contributed by atoms with Gasteiger partial charge in [0, 0.05) is 11.8 Å². The summed E-state index contributed by atoms with van der Waals surface area (Å²) in [6.07, 6.45) is 5.28. The van der Waals surface area contributed by atoms with E-state index in [1.54, 1.807) is 13.1 Å². The van der Waals surface area contributed by atoms with E-state index < -0.39 is 0 Å². The summed E-state index contributed by atoms with van der Waals surface area (Å²) in [5.74, 6) is 0. The molecule has 0 unspecified atom stereocenters. The molecule has 72 valence electrons. The molecule has 0 N–H and O–H groups in total. The van der Waals surface area contributed by atoms with Crippen LogP contribution in [0.3, 0.4) is 0 Å². The summed E-state index contributed by atoms with van der Waals surface area (Å²) in [6, 6.07) is 0. The molecule has 0 saturated heterocycles. The molecular weight excluding hydrogens is 162 g/mol. The number of carbonyl (C=O) groups is 1. The number of aldehydes is 1. The number of aliphatic imine (C=N–C) groups is 1. The van der Waals surface area contributed by atoms with Crippen LogP contribution < -0.4 is 0 Å². The Kier molecular flexibility index (Phi) is 11.5. The number of carbonyl (C=O) groups excluding carboxylic acids is 1. The predicted molar refractivity (Wildman–Crippen MR) is 59.0 cm³/mol. The van der Waals surface area contributed by atoms with E-state index in [-0.39, 0.29) is 0 Å². The highest BCUT2D eigenvalue weighted by atomic mass is 16.1. The van der Waals surface area contributed by atoms with Crippen LogP contribution in [0.5, 0.6) is 0 Å². The lowest BCUT2D eigenvalue weighted by atomic mass is 10.2. The highest BCUT2D eigenvalue weighted by Crippen LogP contribution is 2.04. The van der Waals surface area contributed by atoms with Crippen molar-refractivity contribution in [2.75, 3.05) is 0 Å². The molecule has 0 bridgehead atoms. The van der Waals surface area contributed by atoms with E-state index in [9.17, 15) is 4.79 Å². The van der Waals surface area contributed by atoms with Gasteiger partial charge in [0.15, 0.2) is 6.29 Å². The largest absolute Gasteiger partial charge is 0.298 e. The SMILES string of the molecule is C=C/C(C=O)=C(/C=C)N=CC.CC. The number of allylic oxidation sites excluding steroid dienone is 3. The fourth-order valence-electron chi connectivity index (χ4n) is 0.597. The molecule has 0 aliphatic carbocycles. The van der Waals surface area contributed by atoms with Crippen LogP contribution in [0.2, 0.25) is 0 Å². The van der Waals surface area contributed by atoms with Gasteiger partial charge in [0.2, 0.25) is 0 Å². The number of hydrogen-bond acceptors (Lipinski definition) is 2. The van der Waals surface area contributed by atoms with Crippen LogP contribution in [-0.4, -0.2) is 12.5 Å². The molecule has 0 aromatic carbocycles. The molecule has 0 aliphatic rings. The molecule has 0 atom stereocenters. The van der Waals surface area contributed by atoms with Gasteiger partial charge in [-0.2, -0.15) is 0 Å². The summed E-state index contributed by atoms with van der Waals surface area (Å²) in [6.45, 7) is 12.8. The van der Waals surface area contributed by atoms with Crippen LogP contribution in [0.4, 0.5) is 0 Å². The molecule has 0 fully saturated rings. The highest BCUT2D eigenvalue weighted by molar-refractivity contribution is 5.80. The van der Waals surface area contributed by atoms with Crippen LogP contribution in [0.1, 0.15) is 20.8 Å². The minimum Gasteiger partial charge on any atom is -0.298 e. The van der Waals surface area contributed by atoms with Gasteiger partial charge in [-0.25, -0.2) is 0 Å². The molecule has 0 amide bonds. The standard InChI is InChI=1S/C9H11NO.C2H6/c1-4-8(7-11)9(5-2)10-6-3;1-2/h4-7H,1-2H2,3H3;1-2H3/b9-8+,10-6?;. The van der Waals surface area contributed by atoms with Crippen molar-refractivity contribution in [3.8, 4) is 0 Å². The second kappa shape index (κ2) is 10.6. The highest BCUT2D eigenvalue weighted by Gasteiger charge is 1.94. The first-order chi connectivity index (χ1) is 6.29. The topological polar surface area (TPSA) is 29.4 Å². The van der Waals surface area contributed by atoms with Crippen molar-refractivity contribution in [2.45, 2.75) is 20.8 Å². The van der Waals surface area contributed by atoms with E-state index >= 15 is 0 Å². The van der Waals surface area contributed by atoms with Crippen molar-refractivity contribution in [1.82, 2.24) is 0 Å². The maximum atomic E-state index is 10.4. The predicted octanol–water partition coefficient (Wildman–Crippen LogP) is 2.93. The minimum absolute atomic E-state index is 0.457. The van der Waals surface area contributed by atoms with E-state index in [2.05, 4.69) is 18.2 Å². The molecule has 13 heavy (non-hydrogen) atoms. The molecule has 2 heteroatoms. The fourth-order valence-corrected chi connectivity index (χ4v) is 0.597. The summed E-state index contributed by atoms with van der Waals surface area (Å²) in [4.78, 5) is 14.3. The molecule has 2 nitrogen and oxygen atoms in total. The Morgan fingerprint density at radius 2 is 1.77 bits per heavy atom. The normalized spacial score (nSPS) is 11.0. The van der Waals surface area contributed by atoms with E-state index in [0.29, 0.717) is 17.6 Å². The van der Waals surface area contributed by atoms with E-state index in [0.717, 1.165) is 0 Å². The molecule has 0 heterocycles. The van der Waals surface area contributed by atoms with Gasteiger partial charge in [-0.3, -0.25) is 9.79 Å².